The van der Waals surface area contributed by atoms with Gasteiger partial charge in [0.25, 0.3) is 0 Å². The topological polar surface area (TPSA) is 86.8 Å². The molecule has 3 heterocycles. The number of H-pyrrole nitrogens is 1. The number of carbonyl (C=O) groups excluding carboxylic acids is 1. The van der Waals surface area contributed by atoms with E-state index in [2.05, 4.69) is 25.1 Å². The summed E-state index contributed by atoms with van der Waals surface area (Å²) in [5, 5.41) is 14.1. The third-order valence-corrected chi connectivity index (χ3v) is 3.84. The number of hydrogen-bond donors (Lipinski definition) is 2. The van der Waals surface area contributed by atoms with Crippen LogP contribution >= 0.6 is 11.5 Å². The summed E-state index contributed by atoms with van der Waals surface area (Å²) in [5.41, 5.74) is 1.09. The number of amides is 2. The Morgan fingerprint density at radius 2 is 2.53 bits per heavy atom. The Bertz CT molecular complexity index is 525. The second-order valence-corrected chi connectivity index (χ2v) is 5.29. The number of nitrogens with one attached hydrogen (secondary N) is 2. The normalized spacial score (nSPS) is 19.4. The molecule has 2 N–H and O–H groups in total. The summed E-state index contributed by atoms with van der Waals surface area (Å²) < 4.78 is 3.72. The van der Waals surface area contributed by atoms with Gasteiger partial charge in [-0.05, 0) is 18.9 Å². The van der Waals surface area contributed by atoms with Crippen molar-refractivity contribution in [3.8, 4) is 0 Å². The van der Waals surface area contributed by atoms with Crippen LogP contribution in [0.1, 0.15) is 24.5 Å². The average Bonchev–Trinajstić information content (AvgIpc) is 3.12. The summed E-state index contributed by atoms with van der Waals surface area (Å²) in [6, 6.07) is 1.88. The van der Waals surface area contributed by atoms with Gasteiger partial charge in [-0.1, -0.05) is 4.49 Å². The maximum absolute atomic E-state index is 12.1. The largest absolute Gasteiger partial charge is 0.324 e. The third kappa shape index (κ3) is 2.73. The molecule has 100 valence electrons. The fourth-order valence-electron chi connectivity index (χ4n) is 2.32. The number of urea groups is 1. The predicted molar refractivity (Wildman–Crippen MR) is 71.1 cm³/mol. The van der Waals surface area contributed by atoms with Crippen LogP contribution in [0.5, 0.6) is 0 Å². The molecule has 1 aliphatic rings. The van der Waals surface area contributed by atoms with Crippen LogP contribution in [0.2, 0.25) is 0 Å². The first-order valence-corrected chi connectivity index (χ1v) is 6.93. The van der Waals surface area contributed by atoms with Crippen molar-refractivity contribution in [2.75, 3.05) is 18.4 Å². The monoisotopic (exact) mass is 278 g/mol. The Labute approximate surface area is 114 Å². The van der Waals surface area contributed by atoms with Crippen LogP contribution in [0, 0.1) is 0 Å². The van der Waals surface area contributed by atoms with Crippen molar-refractivity contribution >= 4 is 22.6 Å². The van der Waals surface area contributed by atoms with Crippen molar-refractivity contribution in [1.29, 1.82) is 0 Å². The van der Waals surface area contributed by atoms with Crippen LogP contribution in [-0.4, -0.2) is 43.8 Å². The van der Waals surface area contributed by atoms with Crippen molar-refractivity contribution in [2.45, 2.75) is 18.8 Å². The molecule has 1 atom stereocenters. The Kier molecular flexibility index (Phi) is 3.41. The van der Waals surface area contributed by atoms with Crippen molar-refractivity contribution in [2.24, 2.45) is 0 Å². The molecule has 3 rings (SSSR count). The zero-order valence-electron chi connectivity index (χ0n) is 10.2. The summed E-state index contributed by atoms with van der Waals surface area (Å²) in [4.78, 5) is 13.9. The first-order valence-electron chi connectivity index (χ1n) is 6.15. The molecular formula is C11H14N6OS. The van der Waals surface area contributed by atoms with Crippen molar-refractivity contribution < 1.29 is 4.79 Å². The van der Waals surface area contributed by atoms with E-state index in [1.165, 1.54) is 11.5 Å². The van der Waals surface area contributed by atoms with Gasteiger partial charge in [-0.15, -0.1) is 5.10 Å². The second-order valence-electron chi connectivity index (χ2n) is 4.51. The van der Waals surface area contributed by atoms with Crippen molar-refractivity contribution in [3.63, 3.8) is 0 Å². The number of anilines is 1. The van der Waals surface area contributed by atoms with Gasteiger partial charge in [-0.25, -0.2) is 4.79 Å². The van der Waals surface area contributed by atoms with Gasteiger partial charge in [0.05, 0.1) is 6.20 Å². The van der Waals surface area contributed by atoms with Crippen molar-refractivity contribution in [3.05, 3.63) is 24.2 Å². The quantitative estimate of drug-likeness (QED) is 0.875. The summed E-state index contributed by atoms with van der Waals surface area (Å²) >= 11 is 1.18. The number of aromatic nitrogens is 4. The van der Waals surface area contributed by atoms with E-state index < -0.39 is 0 Å². The first-order chi connectivity index (χ1) is 9.33. The van der Waals surface area contributed by atoms with E-state index in [9.17, 15) is 4.79 Å². The van der Waals surface area contributed by atoms with Gasteiger partial charge in [-0.2, -0.15) is 5.10 Å². The molecule has 2 aromatic heterocycles. The van der Waals surface area contributed by atoms with E-state index in [0.717, 1.165) is 25.1 Å². The van der Waals surface area contributed by atoms with Gasteiger partial charge < -0.3 is 4.90 Å². The standard InChI is InChI=1S/C11H14N6OS/c18-11(14-10-6-13-16-19-10)17-5-1-2-8(7-17)9-3-4-12-15-9/h3-4,6,8H,1-2,5,7H2,(H,12,15)(H,14,18)/t8-/m1/s1. The van der Waals surface area contributed by atoms with Gasteiger partial charge in [0, 0.05) is 42.4 Å². The van der Waals surface area contributed by atoms with E-state index >= 15 is 0 Å². The van der Waals surface area contributed by atoms with E-state index in [1.54, 1.807) is 12.4 Å². The highest BCUT2D eigenvalue weighted by Gasteiger charge is 2.25. The maximum atomic E-state index is 12.1. The summed E-state index contributed by atoms with van der Waals surface area (Å²) in [5.74, 6) is 0.335. The first kappa shape index (κ1) is 12.1. The molecule has 1 fully saturated rings. The molecule has 0 saturated carbocycles. The number of piperidine rings is 1. The lowest BCUT2D eigenvalue weighted by atomic mass is 9.95. The minimum atomic E-state index is -0.0877. The molecule has 0 aliphatic carbocycles. The van der Waals surface area contributed by atoms with Crippen LogP contribution in [0.25, 0.3) is 0 Å². The summed E-state index contributed by atoms with van der Waals surface area (Å²) in [6.45, 7) is 1.49. The molecule has 0 bridgehead atoms. The third-order valence-electron chi connectivity index (χ3n) is 3.26. The Balaban J connectivity index is 1.63. The molecule has 2 aromatic rings. The minimum absolute atomic E-state index is 0.0877. The lowest BCUT2D eigenvalue weighted by Crippen LogP contribution is -2.41. The molecule has 7 nitrogen and oxygen atoms in total. The minimum Gasteiger partial charge on any atom is -0.324 e. The van der Waals surface area contributed by atoms with E-state index in [-0.39, 0.29) is 6.03 Å². The van der Waals surface area contributed by atoms with Crippen LogP contribution in [-0.2, 0) is 0 Å². The fraction of sp³-hybridized carbons (Fsp3) is 0.455. The number of likely N-dealkylation sites (tertiary alicyclic amines) is 1. The van der Waals surface area contributed by atoms with Crippen LogP contribution in [0.4, 0.5) is 9.80 Å². The number of nitrogens with zero attached hydrogens (tertiary/aromatic N) is 4. The lowest BCUT2D eigenvalue weighted by molar-refractivity contribution is 0.192. The molecule has 0 spiro atoms. The van der Waals surface area contributed by atoms with Gasteiger partial charge in [0.1, 0.15) is 5.00 Å². The molecule has 0 radical (unpaired) electrons. The van der Waals surface area contributed by atoms with Crippen LogP contribution in [0.15, 0.2) is 18.5 Å². The van der Waals surface area contributed by atoms with E-state index in [4.69, 9.17) is 0 Å². The SMILES string of the molecule is O=C(Nc1cnns1)N1CCC[C@@H](c2ccn[nH]2)C1. The van der Waals surface area contributed by atoms with Gasteiger partial charge in [0.15, 0.2) is 0 Å². The summed E-state index contributed by atoms with van der Waals surface area (Å²) in [6.07, 6.45) is 5.38. The molecule has 19 heavy (non-hydrogen) atoms. The molecule has 8 heteroatoms. The zero-order valence-corrected chi connectivity index (χ0v) is 11.1. The zero-order chi connectivity index (χ0) is 13.1. The van der Waals surface area contributed by atoms with Crippen LogP contribution < -0.4 is 5.32 Å². The molecule has 0 unspecified atom stereocenters. The predicted octanol–water partition coefficient (Wildman–Crippen LogP) is 1.67. The average molecular weight is 278 g/mol. The van der Waals surface area contributed by atoms with E-state index in [1.807, 2.05) is 11.0 Å². The molecule has 0 aromatic carbocycles. The number of carbonyl (C=O) groups is 1. The number of rotatable bonds is 2. The lowest BCUT2D eigenvalue weighted by Gasteiger charge is -2.31. The maximum Gasteiger partial charge on any atom is 0.322 e. The number of aromatic amines is 1. The van der Waals surface area contributed by atoms with Gasteiger partial charge in [-0.3, -0.25) is 10.4 Å². The highest BCUT2D eigenvalue weighted by Crippen LogP contribution is 2.25. The van der Waals surface area contributed by atoms with Gasteiger partial charge >= 0.3 is 6.03 Å². The molecule has 2 amide bonds. The van der Waals surface area contributed by atoms with Gasteiger partial charge in [0.2, 0.25) is 0 Å². The molecule has 1 aliphatic heterocycles. The Morgan fingerprint density at radius 3 is 3.26 bits per heavy atom. The molecular weight excluding hydrogens is 264 g/mol. The van der Waals surface area contributed by atoms with Crippen LogP contribution in [0.3, 0.4) is 0 Å². The second kappa shape index (κ2) is 5.35. The fourth-order valence-corrected chi connectivity index (χ4v) is 2.73. The Morgan fingerprint density at radius 1 is 1.58 bits per heavy atom. The van der Waals surface area contributed by atoms with E-state index in [0.29, 0.717) is 17.5 Å². The van der Waals surface area contributed by atoms with Crippen molar-refractivity contribution in [1.82, 2.24) is 24.7 Å². The number of hydrogen-bond acceptors (Lipinski definition) is 5. The Hall–Kier alpha value is -1.96. The highest BCUT2D eigenvalue weighted by atomic mass is 32.1. The summed E-state index contributed by atoms with van der Waals surface area (Å²) in [7, 11) is 0. The smallest absolute Gasteiger partial charge is 0.322 e. The molecule has 1 saturated heterocycles. The highest BCUT2D eigenvalue weighted by molar-refractivity contribution is 7.10.